The summed E-state index contributed by atoms with van der Waals surface area (Å²) in [7, 11) is 0. The molecule has 0 fully saturated rings. The largest absolute Gasteiger partial charge is 0.493 e. The summed E-state index contributed by atoms with van der Waals surface area (Å²) in [5.74, 6) is 0.837. The van der Waals surface area contributed by atoms with E-state index in [-0.39, 0.29) is 5.69 Å². The molecule has 1 aromatic carbocycles. The molecule has 0 saturated carbocycles. The zero-order valence-corrected chi connectivity index (χ0v) is 9.72. The van der Waals surface area contributed by atoms with E-state index in [0.29, 0.717) is 31.3 Å². The normalized spacial score (nSPS) is 10.0. The van der Waals surface area contributed by atoms with Gasteiger partial charge in [0, 0.05) is 12.6 Å². The Labute approximate surface area is 99.5 Å². The zero-order valence-electron chi connectivity index (χ0n) is 9.72. The SMILES string of the molecule is CCCOc1cc(OCCN)cc([N+](=O)[O-])c1. The van der Waals surface area contributed by atoms with Crippen LogP contribution >= 0.6 is 0 Å². The fourth-order valence-corrected chi connectivity index (χ4v) is 1.23. The molecule has 0 radical (unpaired) electrons. The van der Waals surface area contributed by atoms with Crippen LogP contribution in [0.2, 0.25) is 0 Å². The first-order valence-electron chi connectivity index (χ1n) is 5.42. The molecule has 0 aliphatic carbocycles. The first-order valence-corrected chi connectivity index (χ1v) is 5.42. The van der Waals surface area contributed by atoms with Crippen molar-refractivity contribution in [2.24, 2.45) is 5.73 Å². The second kappa shape index (κ2) is 6.70. The van der Waals surface area contributed by atoms with E-state index in [4.69, 9.17) is 15.2 Å². The third kappa shape index (κ3) is 4.28. The maximum absolute atomic E-state index is 10.7. The van der Waals surface area contributed by atoms with Crippen LogP contribution in [0.15, 0.2) is 18.2 Å². The van der Waals surface area contributed by atoms with E-state index >= 15 is 0 Å². The Bertz CT molecular complexity index is 355. The molecule has 1 rings (SSSR count). The molecule has 0 bridgehead atoms. The van der Waals surface area contributed by atoms with E-state index in [9.17, 15) is 10.1 Å². The van der Waals surface area contributed by atoms with E-state index < -0.39 is 4.92 Å². The molecule has 94 valence electrons. The lowest BCUT2D eigenvalue weighted by molar-refractivity contribution is -0.385. The Hall–Kier alpha value is -1.82. The quantitative estimate of drug-likeness (QED) is 0.579. The lowest BCUT2D eigenvalue weighted by atomic mass is 10.3. The van der Waals surface area contributed by atoms with Gasteiger partial charge >= 0.3 is 0 Å². The third-order valence-corrected chi connectivity index (χ3v) is 1.94. The molecule has 0 amide bonds. The Morgan fingerprint density at radius 2 is 1.82 bits per heavy atom. The number of nitro benzene ring substituents is 1. The predicted molar refractivity (Wildman–Crippen MR) is 63.4 cm³/mol. The highest BCUT2D eigenvalue weighted by atomic mass is 16.6. The maximum Gasteiger partial charge on any atom is 0.276 e. The van der Waals surface area contributed by atoms with Gasteiger partial charge in [-0.1, -0.05) is 6.92 Å². The van der Waals surface area contributed by atoms with Gasteiger partial charge in [0.05, 0.1) is 23.7 Å². The fraction of sp³-hybridized carbons (Fsp3) is 0.455. The molecular weight excluding hydrogens is 224 g/mol. The van der Waals surface area contributed by atoms with E-state index in [1.807, 2.05) is 6.92 Å². The van der Waals surface area contributed by atoms with Gasteiger partial charge in [0.25, 0.3) is 5.69 Å². The highest BCUT2D eigenvalue weighted by molar-refractivity contribution is 5.46. The highest BCUT2D eigenvalue weighted by Gasteiger charge is 2.11. The minimum atomic E-state index is -0.478. The first kappa shape index (κ1) is 13.2. The van der Waals surface area contributed by atoms with Crippen LogP contribution in [0.5, 0.6) is 11.5 Å². The maximum atomic E-state index is 10.7. The van der Waals surface area contributed by atoms with Gasteiger partial charge in [-0.25, -0.2) is 0 Å². The van der Waals surface area contributed by atoms with Gasteiger partial charge in [0.15, 0.2) is 0 Å². The summed E-state index contributed by atoms with van der Waals surface area (Å²) in [5.41, 5.74) is 5.25. The third-order valence-electron chi connectivity index (χ3n) is 1.94. The van der Waals surface area contributed by atoms with Crippen LogP contribution in [0.3, 0.4) is 0 Å². The minimum Gasteiger partial charge on any atom is -0.493 e. The number of non-ortho nitro benzene ring substituents is 1. The number of hydrogen-bond donors (Lipinski definition) is 1. The molecule has 1 aromatic rings. The smallest absolute Gasteiger partial charge is 0.276 e. The molecule has 0 atom stereocenters. The van der Waals surface area contributed by atoms with E-state index in [1.54, 1.807) is 6.07 Å². The van der Waals surface area contributed by atoms with Crippen LogP contribution in [0.1, 0.15) is 13.3 Å². The number of nitro groups is 1. The summed E-state index contributed by atoms with van der Waals surface area (Å²) in [6, 6.07) is 4.36. The molecule has 0 unspecified atom stereocenters. The van der Waals surface area contributed by atoms with E-state index in [1.165, 1.54) is 12.1 Å². The second-order valence-electron chi connectivity index (χ2n) is 3.41. The molecule has 0 aromatic heterocycles. The molecule has 0 spiro atoms. The van der Waals surface area contributed by atoms with Gasteiger partial charge < -0.3 is 15.2 Å². The average molecular weight is 240 g/mol. The molecular formula is C11H16N2O4. The van der Waals surface area contributed by atoms with Gasteiger partial charge in [-0.15, -0.1) is 0 Å². The number of rotatable bonds is 7. The lowest BCUT2D eigenvalue weighted by Crippen LogP contribution is -2.10. The Morgan fingerprint density at radius 1 is 1.24 bits per heavy atom. The van der Waals surface area contributed by atoms with Crippen LogP contribution in [0.4, 0.5) is 5.69 Å². The van der Waals surface area contributed by atoms with Gasteiger partial charge in [-0.2, -0.15) is 0 Å². The van der Waals surface area contributed by atoms with Crippen molar-refractivity contribution >= 4 is 5.69 Å². The van der Waals surface area contributed by atoms with Gasteiger partial charge in [-0.05, 0) is 6.42 Å². The van der Waals surface area contributed by atoms with Crippen molar-refractivity contribution in [3.05, 3.63) is 28.3 Å². The van der Waals surface area contributed by atoms with Gasteiger partial charge in [0.1, 0.15) is 18.1 Å². The van der Waals surface area contributed by atoms with E-state index in [0.717, 1.165) is 6.42 Å². The van der Waals surface area contributed by atoms with Crippen molar-refractivity contribution in [3.8, 4) is 11.5 Å². The van der Waals surface area contributed by atoms with Crippen LogP contribution in [-0.4, -0.2) is 24.7 Å². The minimum absolute atomic E-state index is 0.0503. The van der Waals surface area contributed by atoms with Gasteiger partial charge in [0.2, 0.25) is 0 Å². The Morgan fingerprint density at radius 3 is 2.29 bits per heavy atom. The summed E-state index contributed by atoms with van der Waals surface area (Å²) in [5, 5.41) is 10.7. The summed E-state index contributed by atoms with van der Waals surface area (Å²) in [6.45, 7) is 3.14. The average Bonchev–Trinajstić information content (AvgIpc) is 2.33. The molecule has 6 heteroatoms. The number of hydrogen-bond acceptors (Lipinski definition) is 5. The molecule has 6 nitrogen and oxygen atoms in total. The van der Waals surface area contributed by atoms with Crippen molar-refractivity contribution in [2.45, 2.75) is 13.3 Å². The van der Waals surface area contributed by atoms with Crippen molar-refractivity contribution < 1.29 is 14.4 Å². The Kier molecular flexibility index (Phi) is 5.22. The molecule has 0 aliphatic heterocycles. The summed E-state index contributed by atoms with van der Waals surface area (Å²) < 4.78 is 10.6. The lowest BCUT2D eigenvalue weighted by Gasteiger charge is -2.08. The van der Waals surface area contributed by atoms with Crippen molar-refractivity contribution in [3.63, 3.8) is 0 Å². The van der Waals surface area contributed by atoms with Crippen molar-refractivity contribution in [2.75, 3.05) is 19.8 Å². The van der Waals surface area contributed by atoms with Crippen LogP contribution in [0.25, 0.3) is 0 Å². The number of ether oxygens (including phenoxy) is 2. The monoisotopic (exact) mass is 240 g/mol. The number of nitrogens with zero attached hydrogens (tertiary/aromatic N) is 1. The number of nitrogens with two attached hydrogens (primary N) is 1. The fourth-order valence-electron chi connectivity index (χ4n) is 1.23. The summed E-state index contributed by atoms with van der Waals surface area (Å²) in [4.78, 5) is 10.2. The van der Waals surface area contributed by atoms with Crippen LogP contribution in [0, 0.1) is 10.1 Å². The zero-order chi connectivity index (χ0) is 12.7. The van der Waals surface area contributed by atoms with Crippen LogP contribution < -0.4 is 15.2 Å². The van der Waals surface area contributed by atoms with Gasteiger partial charge in [-0.3, -0.25) is 10.1 Å². The molecule has 0 heterocycles. The summed E-state index contributed by atoms with van der Waals surface area (Å²) >= 11 is 0. The van der Waals surface area contributed by atoms with E-state index in [2.05, 4.69) is 0 Å². The van der Waals surface area contributed by atoms with Crippen molar-refractivity contribution in [1.29, 1.82) is 0 Å². The Balaban J connectivity index is 2.88. The molecule has 17 heavy (non-hydrogen) atoms. The first-order chi connectivity index (χ1) is 8.17. The summed E-state index contributed by atoms with van der Waals surface area (Å²) in [6.07, 6.45) is 0.835. The molecule has 0 aliphatic rings. The molecule has 0 saturated heterocycles. The van der Waals surface area contributed by atoms with Crippen LogP contribution in [-0.2, 0) is 0 Å². The highest BCUT2D eigenvalue weighted by Crippen LogP contribution is 2.27. The van der Waals surface area contributed by atoms with Crippen molar-refractivity contribution in [1.82, 2.24) is 0 Å². The predicted octanol–water partition coefficient (Wildman–Crippen LogP) is 1.72. The molecule has 2 N–H and O–H groups in total. The standard InChI is InChI=1S/C11H16N2O4/c1-2-4-16-10-6-9(13(14)15)7-11(8-10)17-5-3-12/h6-8H,2-5,12H2,1H3. The topological polar surface area (TPSA) is 87.6 Å². The number of benzene rings is 1. The second-order valence-corrected chi connectivity index (χ2v) is 3.41.